The van der Waals surface area contributed by atoms with E-state index in [0.717, 1.165) is 17.5 Å². The maximum absolute atomic E-state index is 13.0. The van der Waals surface area contributed by atoms with E-state index in [4.69, 9.17) is 16.3 Å². The Balaban J connectivity index is 2.06. The molecule has 0 spiro atoms. The van der Waals surface area contributed by atoms with Crippen LogP contribution in [0, 0.1) is 0 Å². The molecule has 0 radical (unpaired) electrons. The Bertz CT molecular complexity index is 765. The molecule has 0 saturated heterocycles. The average Bonchev–Trinajstić information content (AvgIpc) is 2.73. The summed E-state index contributed by atoms with van der Waals surface area (Å²) in [6, 6.07) is 16.3. The summed E-state index contributed by atoms with van der Waals surface area (Å²) in [6.45, 7) is 5.82. The number of carbonyl (C=O) groups is 2. The van der Waals surface area contributed by atoms with Gasteiger partial charge in [0.05, 0.1) is 6.42 Å². The molecule has 0 aliphatic carbocycles. The Kier molecular flexibility index (Phi) is 9.68. The molecule has 6 heteroatoms. The zero-order valence-electron chi connectivity index (χ0n) is 17.1. The van der Waals surface area contributed by atoms with Crippen molar-refractivity contribution in [1.82, 2.24) is 10.2 Å². The van der Waals surface area contributed by atoms with Crippen LogP contribution in [0.1, 0.15) is 31.4 Å². The zero-order valence-corrected chi connectivity index (χ0v) is 17.8. The number of hydrogen-bond donors (Lipinski definition) is 1. The molecule has 2 rings (SSSR count). The summed E-state index contributed by atoms with van der Waals surface area (Å²) >= 11 is 5.97. The Morgan fingerprint density at radius 2 is 1.76 bits per heavy atom. The third-order valence-corrected chi connectivity index (χ3v) is 4.85. The van der Waals surface area contributed by atoms with Crippen molar-refractivity contribution in [3.05, 3.63) is 70.7 Å². The molecule has 2 amide bonds. The number of carbonyl (C=O) groups excluding carboxylic acids is 2. The van der Waals surface area contributed by atoms with E-state index in [9.17, 15) is 9.59 Å². The predicted octanol–water partition coefficient (Wildman–Crippen LogP) is 3.84. The van der Waals surface area contributed by atoms with Gasteiger partial charge in [-0.05, 0) is 43.5 Å². The van der Waals surface area contributed by atoms with E-state index in [1.807, 2.05) is 49.4 Å². The molecule has 0 saturated carbocycles. The van der Waals surface area contributed by atoms with Crippen molar-refractivity contribution >= 4 is 23.4 Å². The summed E-state index contributed by atoms with van der Waals surface area (Å²) in [4.78, 5) is 27.3. The van der Waals surface area contributed by atoms with Gasteiger partial charge in [0.15, 0.2) is 0 Å². The molecule has 0 fully saturated rings. The van der Waals surface area contributed by atoms with E-state index < -0.39 is 6.04 Å². The summed E-state index contributed by atoms with van der Waals surface area (Å²) in [6.07, 6.45) is 0.984. The smallest absolute Gasteiger partial charge is 0.242 e. The van der Waals surface area contributed by atoms with Crippen molar-refractivity contribution in [2.45, 2.75) is 39.3 Å². The van der Waals surface area contributed by atoms with Gasteiger partial charge in [0.2, 0.25) is 11.8 Å². The molecule has 0 aromatic heterocycles. The molecule has 0 heterocycles. The first-order chi connectivity index (χ1) is 14.0. The number of hydrogen-bond acceptors (Lipinski definition) is 3. The topological polar surface area (TPSA) is 58.6 Å². The van der Waals surface area contributed by atoms with Crippen LogP contribution in [0.5, 0.6) is 0 Å². The fraction of sp³-hybridized carbons (Fsp3) is 0.391. The minimum Gasteiger partial charge on any atom is -0.382 e. The molecule has 1 N–H and O–H groups in total. The molecule has 2 aromatic rings. The second-order valence-electron chi connectivity index (χ2n) is 6.83. The van der Waals surface area contributed by atoms with Gasteiger partial charge in [0.1, 0.15) is 6.04 Å². The highest BCUT2D eigenvalue weighted by molar-refractivity contribution is 6.30. The first-order valence-corrected chi connectivity index (χ1v) is 10.3. The zero-order chi connectivity index (χ0) is 21.1. The largest absolute Gasteiger partial charge is 0.382 e. The van der Waals surface area contributed by atoms with Gasteiger partial charge in [0.25, 0.3) is 0 Å². The number of nitrogens with zero attached hydrogens (tertiary/aromatic N) is 1. The van der Waals surface area contributed by atoms with Gasteiger partial charge in [-0.25, -0.2) is 0 Å². The molecule has 0 aliphatic rings. The Morgan fingerprint density at radius 3 is 2.41 bits per heavy atom. The molecular weight excluding hydrogens is 388 g/mol. The highest BCUT2D eigenvalue weighted by atomic mass is 35.5. The number of nitrogens with one attached hydrogen (secondary N) is 1. The summed E-state index contributed by atoms with van der Waals surface area (Å²) < 4.78 is 5.29. The number of amides is 2. The second kappa shape index (κ2) is 12.2. The lowest BCUT2D eigenvalue weighted by molar-refractivity contribution is -0.140. The molecule has 0 unspecified atom stereocenters. The lowest BCUT2D eigenvalue weighted by Gasteiger charge is -2.29. The SMILES string of the molecule is CCOCCCNC(=O)[C@H](C)N(Cc1ccc(Cl)cc1)C(=O)Cc1ccccc1. The van der Waals surface area contributed by atoms with Crippen LogP contribution < -0.4 is 5.32 Å². The van der Waals surface area contributed by atoms with Crippen molar-refractivity contribution in [2.24, 2.45) is 0 Å². The lowest BCUT2D eigenvalue weighted by Crippen LogP contribution is -2.48. The summed E-state index contributed by atoms with van der Waals surface area (Å²) in [5.41, 5.74) is 1.84. The number of ether oxygens (including phenoxy) is 1. The van der Waals surface area contributed by atoms with Crippen molar-refractivity contribution in [3.8, 4) is 0 Å². The third kappa shape index (κ3) is 7.87. The maximum atomic E-state index is 13.0. The fourth-order valence-electron chi connectivity index (χ4n) is 2.92. The standard InChI is InChI=1S/C23H29ClN2O3/c1-3-29-15-7-14-25-23(28)18(2)26(17-20-10-12-21(24)13-11-20)22(27)16-19-8-5-4-6-9-19/h4-6,8-13,18H,3,7,14-17H2,1-2H3,(H,25,28)/t18-/m0/s1. The van der Waals surface area contributed by atoms with Gasteiger partial charge in [-0.3, -0.25) is 9.59 Å². The van der Waals surface area contributed by atoms with Crippen LogP contribution in [0.2, 0.25) is 5.02 Å². The van der Waals surface area contributed by atoms with Crippen molar-refractivity contribution < 1.29 is 14.3 Å². The van der Waals surface area contributed by atoms with Crippen LogP contribution in [0.15, 0.2) is 54.6 Å². The van der Waals surface area contributed by atoms with Crippen molar-refractivity contribution in [1.29, 1.82) is 0 Å². The van der Waals surface area contributed by atoms with Crippen LogP contribution in [-0.4, -0.2) is 42.5 Å². The van der Waals surface area contributed by atoms with E-state index in [1.165, 1.54) is 0 Å². The van der Waals surface area contributed by atoms with E-state index in [-0.39, 0.29) is 18.2 Å². The lowest BCUT2D eigenvalue weighted by atomic mass is 10.1. The number of halogens is 1. The quantitative estimate of drug-likeness (QED) is 0.566. The predicted molar refractivity (Wildman–Crippen MR) is 116 cm³/mol. The Labute approximate surface area is 178 Å². The number of rotatable bonds is 11. The van der Waals surface area contributed by atoms with Crippen LogP contribution in [0.4, 0.5) is 0 Å². The van der Waals surface area contributed by atoms with Gasteiger partial charge in [-0.15, -0.1) is 0 Å². The van der Waals surface area contributed by atoms with E-state index in [0.29, 0.717) is 31.3 Å². The van der Waals surface area contributed by atoms with Crippen LogP contribution in [0.3, 0.4) is 0 Å². The van der Waals surface area contributed by atoms with E-state index >= 15 is 0 Å². The maximum Gasteiger partial charge on any atom is 0.242 e. The minimum absolute atomic E-state index is 0.0943. The average molecular weight is 417 g/mol. The Morgan fingerprint density at radius 1 is 1.07 bits per heavy atom. The monoisotopic (exact) mass is 416 g/mol. The molecule has 156 valence electrons. The Hall–Kier alpha value is -2.37. The molecule has 0 bridgehead atoms. The van der Waals surface area contributed by atoms with Gasteiger partial charge in [-0.1, -0.05) is 54.1 Å². The van der Waals surface area contributed by atoms with E-state index in [1.54, 1.807) is 24.0 Å². The highest BCUT2D eigenvalue weighted by Gasteiger charge is 2.26. The van der Waals surface area contributed by atoms with Gasteiger partial charge in [0, 0.05) is 31.3 Å². The molecule has 2 aromatic carbocycles. The van der Waals surface area contributed by atoms with Gasteiger partial charge >= 0.3 is 0 Å². The van der Waals surface area contributed by atoms with Crippen LogP contribution >= 0.6 is 11.6 Å². The highest BCUT2D eigenvalue weighted by Crippen LogP contribution is 2.15. The second-order valence-corrected chi connectivity index (χ2v) is 7.26. The molecule has 0 aliphatic heterocycles. The first kappa shape index (κ1) is 22.9. The van der Waals surface area contributed by atoms with E-state index in [2.05, 4.69) is 5.32 Å². The summed E-state index contributed by atoms with van der Waals surface area (Å²) in [5, 5.41) is 3.54. The normalized spacial score (nSPS) is 11.7. The van der Waals surface area contributed by atoms with Crippen LogP contribution in [-0.2, 0) is 27.3 Å². The van der Waals surface area contributed by atoms with Crippen molar-refractivity contribution in [3.63, 3.8) is 0 Å². The van der Waals surface area contributed by atoms with Crippen LogP contribution in [0.25, 0.3) is 0 Å². The summed E-state index contributed by atoms with van der Waals surface area (Å²) in [7, 11) is 0. The fourth-order valence-corrected chi connectivity index (χ4v) is 3.05. The molecule has 29 heavy (non-hydrogen) atoms. The van der Waals surface area contributed by atoms with Crippen molar-refractivity contribution in [2.75, 3.05) is 19.8 Å². The summed E-state index contributed by atoms with van der Waals surface area (Å²) in [5.74, 6) is -0.264. The number of benzene rings is 2. The molecular formula is C23H29ClN2O3. The molecule has 5 nitrogen and oxygen atoms in total. The third-order valence-electron chi connectivity index (χ3n) is 4.60. The van der Waals surface area contributed by atoms with Gasteiger partial charge in [-0.2, -0.15) is 0 Å². The first-order valence-electron chi connectivity index (χ1n) is 9.94. The van der Waals surface area contributed by atoms with Gasteiger partial charge < -0.3 is 15.0 Å². The molecule has 1 atom stereocenters. The minimum atomic E-state index is -0.589.